The van der Waals surface area contributed by atoms with Crippen molar-refractivity contribution in [1.82, 2.24) is 15.1 Å². The third kappa shape index (κ3) is 5.04. The summed E-state index contributed by atoms with van der Waals surface area (Å²) in [6.07, 6.45) is 4.24. The zero-order valence-corrected chi connectivity index (χ0v) is 20.9. The van der Waals surface area contributed by atoms with Gasteiger partial charge < -0.3 is 20.8 Å². The molecule has 7 heteroatoms. The van der Waals surface area contributed by atoms with Crippen molar-refractivity contribution in [2.75, 3.05) is 12.3 Å². The molecule has 0 radical (unpaired) electrons. The standard InChI is InChI=1S/C30H31N5O2/c1-3-24-12-9-15-35(24)28(36)23-17-21(25-13-7-8-14-26(25)31)16-22(18-23)27-33-34-29(37-27)30(2,32)19-20-10-5-4-6-11-20/h3-8,10-11,13-14,16-18,24H,1,9,12,15,19,31-32H2,2H3/t24-,30+/m0/s1. The molecule has 3 aromatic carbocycles. The molecular formula is C30H31N5O2. The minimum Gasteiger partial charge on any atom is -0.419 e. The number of carbonyl (C=O) groups is 1. The number of hydrogen-bond acceptors (Lipinski definition) is 6. The van der Waals surface area contributed by atoms with E-state index in [-0.39, 0.29) is 11.9 Å². The number of anilines is 1. The van der Waals surface area contributed by atoms with E-state index in [1.54, 1.807) is 6.07 Å². The molecular weight excluding hydrogens is 462 g/mol. The molecule has 0 unspecified atom stereocenters. The number of nitrogen functional groups attached to an aromatic ring is 1. The van der Waals surface area contributed by atoms with E-state index in [0.29, 0.717) is 41.6 Å². The fraction of sp³-hybridized carbons (Fsp3) is 0.233. The van der Waals surface area contributed by atoms with Gasteiger partial charge in [0.2, 0.25) is 11.8 Å². The molecule has 1 saturated heterocycles. The summed E-state index contributed by atoms with van der Waals surface area (Å²) in [4.78, 5) is 15.5. The van der Waals surface area contributed by atoms with Crippen LogP contribution in [0, 0.1) is 0 Å². The first kappa shape index (κ1) is 24.5. The average molecular weight is 494 g/mol. The van der Waals surface area contributed by atoms with Gasteiger partial charge in [0.1, 0.15) is 0 Å². The molecule has 4 aromatic rings. The quantitative estimate of drug-likeness (QED) is 0.271. The van der Waals surface area contributed by atoms with Crippen LogP contribution in [0.4, 0.5) is 5.69 Å². The van der Waals surface area contributed by atoms with Gasteiger partial charge >= 0.3 is 0 Å². The van der Waals surface area contributed by atoms with Crippen LogP contribution in [0.2, 0.25) is 0 Å². The number of amides is 1. The van der Waals surface area contributed by atoms with E-state index in [1.807, 2.05) is 84.6 Å². The number of rotatable bonds is 7. The third-order valence-corrected chi connectivity index (χ3v) is 6.86. The molecule has 1 aromatic heterocycles. The van der Waals surface area contributed by atoms with E-state index < -0.39 is 5.54 Å². The number of benzene rings is 3. The lowest BCUT2D eigenvalue weighted by molar-refractivity contribution is 0.0762. The highest BCUT2D eigenvalue weighted by atomic mass is 16.4. The lowest BCUT2D eigenvalue weighted by atomic mass is 9.94. The van der Waals surface area contributed by atoms with Crippen molar-refractivity contribution >= 4 is 11.6 Å². The Morgan fingerprint density at radius 1 is 1.11 bits per heavy atom. The molecule has 2 atom stereocenters. The second-order valence-electron chi connectivity index (χ2n) is 9.82. The van der Waals surface area contributed by atoms with Gasteiger partial charge in [0, 0.05) is 28.9 Å². The van der Waals surface area contributed by atoms with Crippen molar-refractivity contribution in [3.63, 3.8) is 0 Å². The van der Waals surface area contributed by atoms with Crippen molar-refractivity contribution in [3.05, 3.63) is 102 Å². The molecule has 0 aliphatic carbocycles. The topological polar surface area (TPSA) is 111 Å². The summed E-state index contributed by atoms with van der Waals surface area (Å²) < 4.78 is 6.11. The Bertz CT molecular complexity index is 1430. The second kappa shape index (κ2) is 10.0. The van der Waals surface area contributed by atoms with Crippen LogP contribution in [0.3, 0.4) is 0 Å². The maximum atomic E-state index is 13.6. The predicted octanol–water partition coefficient (Wildman–Crippen LogP) is 5.19. The van der Waals surface area contributed by atoms with E-state index in [0.717, 1.165) is 29.5 Å². The predicted molar refractivity (Wildman–Crippen MR) is 146 cm³/mol. The van der Waals surface area contributed by atoms with Crippen LogP contribution in [-0.4, -0.2) is 33.6 Å². The number of likely N-dealkylation sites (tertiary alicyclic amines) is 1. The molecule has 1 aliphatic heterocycles. The fourth-order valence-corrected chi connectivity index (χ4v) is 4.91. The zero-order chi connectivity index (χ0) is 26.0. The maximum Gasteiger partial charge on any atom is 0.254 e. The van der Waals surface area contributed by atoms with Gasteiger partial charge in [-0.2, -0.15) is 0 Å². The average Bonchev–Trinajstić information content (AvgIpc) is 3.59. The first-order chi connectivity index (χ1) is 17.9. The van der Waals surface area contributed by atoms with Crippen LogP contribution in [0.5, 0.6) is 0 Å². The minimum absolute atomic E-state index is 0.0207. The van der Waals surface area contributed by atoms with Gasteiger partial charge in [-0.15, -0.1) is 16.8 Å². The van der Waals surface area contributed by atoms with E-state index in [9.17, 15) is 4.79 Å². The van der Waals surface area contributed by atoms with Crippen molar-refractivity contribution in [1.29, 1.82) is 0 Å². The fourth-order valence-electron chi connectivity index (χ4n) is 4.91. The van der Waals surface area contributed by atoms with E-state index in [4.69, 9.17) is 15.9 Å². The van der Waals surface area contributed by atoms with Gasteiger partial charge in [0.25, 0.3) is 5.91 Å². The summed E-state index contributed by atoms with van der Waals surface area (Å²) in [7, 11) is 0. The number of nitrogens with two attached hydrogens (primary N) is 2. The number of para-hydroxylation sites is 1. The van der Waals surface area contributed by atoms with Gasteiger partial charge in [0.05, 0.1) is 11.6 Å². The second-order valence-corrected chi connectivity index (χ2v) is 9.82. The molecule has 188 valence electrons. The van der Waals surface area contributed by atoms with Crippen molar-refractivity contribution in [2.45, 2.75) is 37.8 Å². The molecule has 1 amide bonds. The van der Waals surface area contributed by atoms with Gasteiger partial charge in [-0.3, -0.25) is 4.79 Å². The first-order valence-electron chi connectivity index (χ1n) is 12.5. The largest absolute Gasteiger partial charge is 0.419 e. The summed E-state index contributed by atoms with van der Waals surface area (Å²) in [5.41, 5.74) is 16.5. The lowest BCUT2D eigenvalue weighted by Crippen LogP contribution is -2.35. The SMILES string of the molecule is C=C[C@H]1CCCN1C(=O)c1cc(-c2nnc([C@](C)(N)Cc3ccccc3)o2)cc(-c2ccccc2N)c1. The first-order valence-corrected chi connectivity index (χ1v) is 12.5. The van der Waals surface area contributed by atoms with E-state index in [2.05, 4.69) is 16.8 Å². The van der Waals surface area contributed by atoms with Crippen LogP contribution in [0.25, 0.3) is 22.6 Å². The molecule has 37 heavy (non-hydrogen) atoms. The van der Waals surface area contributed by atoms with Crippen LogP contribution in [-0.2, 0) is 12.0 Å². The molecule has 0 bridgehead atoms. The zero-order valence-electron chi connectivity index (χ0n) is 20.9. The normalized spacial score (nSPS) is 16.9. The number of aromatic nitrogens is 2. The smallest absolute Gasteiger partial charge is 0.254 e. The van der Waals surface area contributed by atoms with Gasteiger partial charge in [-0.1, -0.05) is 54.6 Å². The van der Waals surface area contributed by atoms with Crippen LogP contribution in [0.15, 0.2) is 89.9 Å². The molecule has 4 N–H and O–H groups in total. The maximum absolute atomic E-state index is 13.6. The van der Waals surface area contributed by atoms with Crippen LogP contribution < -0.4 is 11.5 Å². The van der Waals surface area contributed by atoms with Crippen molar-refractivity contribution in [3.8, 4) is 22.6 Å². The lowest BCUT2D eigenvalue weighted by Gasteiger charge is -2.22. The Morgan fingerprint density at radius 3 is 2.59 bits per heavy atom. The van der Waals surface area contributed by atoms with Gasteiger partial charge in [-0.05, 0) is 61.6 Å². The summed E-state index contributed by atoms with van der Waals surface area (Å²) in [6, 6.07) is 23.1. The monoisotopic (exact) mass is 493 g/mol. The molecule has 0 spiro atoms. The summed E-state index contributed by atoms with van der Waals surface area (Å²) in [6.45, 7) is 6.47. The number of nitrogens with zero attached hydrogens (tertiary/aromatic N) is 3. The van der Waals surface area contributed by atoms with E-state index >= 15 is 0 Å². The minimum atomic E-state index is -0.862. The number of hydrogen-bond donors (Lipinski definition) is 2. The van der Waals surface area contributed by atoms with E-state index in [1.165, 1.54) is 0 Å². The summed E-state index contributed by atoms with van der Waals surface area (Å²) in [5.74, 6) is 0.564. The Kier molecular flexibility index (Phi) is 6.63. The molecule has 7 nitrogen and oxygen atoms in total. The highest BCUT2D eigenvalue weighted by molar-refractivity contribution is 5.98. The Balaban J connectivity index is 1.54. The highest BCUT2D eigenvalue weighted by Gasteiger charge is 2.30. The molecule has 5 rings (SSSR count). The Hall–Kier alpha value is -4.23. The molecule has 2 heterocycles. The van der Waals surface area contributed by atoms with Crippen LogP contribution in [0.1, 0.15) is 41.6 Å². The van der Waals surface area contributed by atoms with Gasteiger partial charge in [0.15, 0.2) is 0 Å². The Labute approximate surface area is 216 Å². The highest BCUT2D eigenvalue weighted by Crippen LogP contribution is 2.33. The van der Waals surface area contributed by atoms with Crippen molar-refractivity contribution < 1.29 is 9.21 Å². The molecule has 1 aliphatic rings. The molecule has 1 fully saturated rings. The van der Waals surface area contributed by atoms with Crippen molar-refractivity contribution in [2.24, 2.45) is 5.73 Å². The Morgan fingerprint density at radius 2 is 1.84 bits per heavy atom. The third-order valence-electron chi connectivity index (χ3n) is 6.86. The summed E-state index contributed by atoms with van der Waals surface area (Å²) >= 11 is 0. The van der Waals surface area contributed by atoms with Crippen LogP contribution >= 0.6 is 0 Å². The van der Waals surface area contributed by atoms with Gasteiger partial charge in [-0.25, -0.2) is 0 Å². The molecule has 0 saturated carbocycles. The summed E-state index contributed by atoms with van der Waals surface area (Å²) in [5, 5.41) is 8.59. The number of carbonyl (C=O) groups excluding carboxylic acids is 1.